The lowest BCUT2D eigenvalue weighted by Gasteiger charge is -2.32. The van der Waals surface area contributed by atoms with Crippen LogP contribution in [0.25, 0.3) is 0 Å². The summed E-state index contributed by atoms with van der Waals surface area (Å²) in [6.07, 6.45) is 1.85. The molecule has 5 heteroatoms. The number of piperidine rings is 1. The molecule has 1 aliphatic rings. The van der Waals surface area contributed by atoms with E-state index in [0.29, 0.717) is 35.8 Å². The van der Waals surface area contributed by atoms with Gasteiger partial charge in [-0.2, -0.15) is 0 Å². The van der Waals surface area contributed by atoms with Crippen molar-refractivity contribution in [3.8, 4) is 0 Å². The third kappa shape index (κ3) is 4.82. The standard InChI is InChI=1S/C23H25ClN2O2/c1-16(17(2)25-22(27)20-6-4-3-5-7-20)23(28)26-14-12-19(13-15-26)18-8-10-21(24)11-9-18/h3-11,19H,12-15H2,1-2H3,(H,25,27). The summed E-state index contributed by atoms with van der Waals surface area (Å²) in [5.74, 6) is 0.233. The van der Waals surface area contributed by atoms with Crippen LogP contribution < -0.4 is 5.32 Å². The van der Waals surface area contributed by atoms with Crippen molar-refractivity contribution in [1.29, 1.82) is 0 Å². The molecule has 1 saturated heterocycles. The van der Waals surface area contributed by atoms with Gasteiger partial charge in [0.15, 0.2) is 0 Å². The number of carbonyl (C=O) groups excluding carboxylic acids is 2. The molecule has 2 amide bonds. The van der Waals surface area contributed by atoms with E-state index in [0.717, 1.165) is 17.9 Å². The first kappa shape index (κ1) is 20.2. The van der Waals surface area contributed by atoms with Gasteiger partial charge in [0.25, 0.3) is 11.8 Å². The van der Waals surface area contributed by atoms with Gasteiger partial charge in [-0.15, -0.1) is 0 Å². The predicted molar refractivity (Wildman–Crippen MR) is 112 cm³/mol. The van der Waals surface area contributed by atoms with Gasteiger partial charge < -0.3 is 10.2 Å². The van der Waals surface area contributed by atoms with E-state index in [2.05, 4.69) is 17.4 Å². The van der Waals surface area contributed by atoms with Gasteiger partial charge in [-0.05, 0) is 62.4 Å². The summed E-state index contributed by atoms with van der Waals surface area (Å²) in [4.78, 5) is 27.0. The van der Waals surface area contributed by atoms with E-state index in [1.807, 2.05) is 35.2 Å². The van der Waals surface area contributed by atoms with Gasteiger partial charge in [-0.25, -0.2) is 0 Å². The molecule has 1 N–H and O–H groups in total. The number of halogens is 1. The van der Waals surface area contributed by atoms with E-state index >= 15 is 0 Å². The molecule has 1 heterocycles. The minimum Gasteiger partial charge on any atom is -0.339 e. The number of amides is 2. The maximum Gasteiger partial charge on any atom is 0.255 e. The van der Waals surface area contributed by atoms with Crippen molar-refractivity contribution >= 4 is 23.4 Å². The zero-order valence-electron chi connectivity index (χ0n) is 16.2. The number of nitrogens with one attached hydrogen (secondary N) is 1. The monoisotopic (exact) mass is 396 g/mol. The zero-order valence-corrected chi connectivity index (χ0v) is 17.0. The summed E-state index contributed by atoms with van der Waals surface area (Å²) < 4.78 is 0. The minimum atomic E-state index is -0.202. The highest BCUT2D eigenvalue weighted by Gasteiger charge is 2.25. The molecule has 0 spiro atoms. The van der Waals surface area contributed by atoms with E-state index < -0.39 is 0 Å². The van der Waals surface area contributed by atoms with Gasteiger partial charge in [-0.3, -0.25) is 9.59 Å². The first-order valence-corrected chi connectivity index (χ1v) is 9.92. The van der Waals surface area contributed by atoms with Gasteiger partial charge in [0.1, 0.15) is 0 Å². The topological polar surface area (TPSA) is 49.4 Å². The highest BCUT2D eigenvalue weighted by atomic mass is 35.5. The normalized spacial score (nSPS) is 15.8. The molecule has 1 aliphatic heterocycles. The van der Waals surface area contributed by atoms with Gasteiger partial charge in [0.2, 0.25) is 0 Å². The summed E-state index contributed by atoms with van der Waals surface area (Å²) >= 11 is 5.97. The Labute approximate surface area is 171 Å². The van der Waals surface area contributed by atoms with E-state index in [1.54, 1.807) is 26.0 Å². The van der Waals surface area contributed by atoms with Crippen LogP contribution in [0.2, 0.25) is 5.02 Å². The van der Waals surface area contributed by atoms with E-state index in [1.165, 1.54) is 5.56 Å². The van der Waals surface area contributed by atoms with Gasteiger partial charge in [0.05, 0.1) is 0 Å². The number of likely N-dealkylation sites (tertiary alicyclic amines) is 1. The summed E-state index contributed by atoms with van der Waals surface area (Å²) in [6, 6.07) is 17.0. The molecule has 28 heavy (non-hydrogen) atoms. The smallest absolute Gasteiger partial charge is 0.255 e. The maximum atomic E-state index is 12.8. The average Bonchev–Trinajstić information content (AvgIpc) is 2.74. The Morgan fingerprint density at radius 3 is 2.18 bits per heavy atom. The van der Waals surface area contributed by atoms with E-state index in [-0.39, 0.29) is 11.8 Å². The number of rotatable bonds is 4. The Morgan fingerprint density at radius 2 is 1.57 bits per heavy atom. The summed E-state index contributed by atoms with van der Waals surface area (Å²) in [5.41, 5.74) is 3.02. The van der Waals surface area contributed by atoms with Crippen LogP contribution in [0.3, 0.4) is 0 Å². The highest BCUT2D eigenvalue weighted by molar-refractivity contribution is 6.30. The van der Waals surface area contributed by atoms with Crippen LogP contribution in [0.5, 0.6) is 0 Å². The molecule has 146 valence electrons. The Morgan fingerprint density at radius 1 is 0.964 bits per heavy atom. The number of hydrogen-bond acceptors (Lipinski definition) is 2. The molecule has 1 fully saturated rings. The molecule has 2 aromatic carbocycles. The highest BCUT2D eigenvalue weighted by Crippen LogP contribution is 2.29. The third-order valence-corrected chi connectivity index (χ3v) is 5.60. The van der Waals surface area contributed by atoms with Crippen LogP contribution in [0.1, 0.15) is 48.5 Å². The molecular formula is C23H25ClN2O2. The van der Waals surface area contributed by atoms with Crippen molar-refractivity contribution in [2.24, 2.45) is 0 Å². The number of carbonyl (C=O) groups is 2. The van der Waals surface area contributed by atoms with Crippen molar-refractivity contribution in [3.05, 3.63) is 82.0 Å². The first-order chi connectivity index (χ1) is 13.5. The molecule has 0 aromatic heterocycles. The van der Waals surface area contributed by atoms with Crippen LogP contribution in [0.4, 0.5) is 0 Å². The molecule has 0 saturated carbocycles. The molecule has 0 radical (unpaired) electrons. The molecule has 2 aromatic rings. The molecule has 0 atom stereocenters. The zero-order chi connectivity index (χ0) is 20.1. The number of benzene rings is 2. The SMILES string of the molecule is CC(NC(=O)c1ccccc1)=C(C)C(=O)N1CCC(c2ccc(Cl)cc2)CC1. The molecular weight excluding hydrogens is 372 g/mol. The van der Waals surface area contributed by atoms with E-state index in [9.17, 15) is 9.59 Å². The van der Waals surface area contributed by atoms with E-state index in [4.69, 9.17) is 11.6 Å². The second kappa shape index (κ2) is 9.07. The van der Waals surface area contributed by atoms with Crippen LogP contribution in [-0.4, -0.2) is 29.8 Å². The second-order valence-corrected chi connectivity index (χ2v) is 7.62. The average molecular weight is 397 g/mol. The lowest BCUT2D eigenvalue weighted by molar-refractivity contribution is -0.128. The molecule has 3 rings (SSSR count). The Kier molecular flexibility index (Phi) is 6.53. The fourth-order valence-electron chi connectivity index (χ4n) is 3.47. The predicted octanol–water partition coefficient (Wildman–Crippen LogP) is 4.77. The fraction of sp³-hybridized carbons (Fsp3) is 0.304. The number of hydrogen-bond donors (Lipinski definition) is 1. The largest absolute Gasteiger partial charge is 0.339 e. The Hall–Kier alpha value is -2.59. The lowest BCUT2D eigenvalue weighted by atomic mass is 9.89. The van der Waals surface area contributed by atoms with Crippen LogP contribution >= 0.6 is 11.6 Å². The lowest BCUT2D eigenvalue weighted by Crippen LogP contribution is -2.39. The molecule has 4 nitrogen and oxygen atoms in total. The van der Waals surface area contributed by atoms with Gasteiger partial charge in [0, 0.05) is 34.9 Å². The first-order valence-electron chi connectivity index (χ1n) is 9.54. The quantitative estimate of drug-likeness (QED) is 0.757. The third-order valence-electron chi connectivity index (χ3n) is 5.34. The number of allylic oxidation sites excluding steroid dienone is 1. The summed E-state index contributed by atoms with van der Waals surface area (Å²) in [7, 11) is 0. The van der Waals surface area contributed by atoms with Gasteiger partial charge >= 0.3 is 0 Å². The Balaban J connectivity index is 1.59. The summed E-state index contributed by atoms with van der Waals surface area (Å²) in [6.45, 7) is 4.97. The van der Waals surface area contributed by atoms with Crippen LogP contribution in [0, 0.1) is 0 Å². The molecule has 0 bridgehead atoms. The Bertz CT molecular complexity index is 867. The van der Waals surface area contributed by atoms with Crippen LogP contribution in [-0.2, 0) is 4.79 Å². The fourth-order valence-corrected chi connectivity index (χ4v) is 3.60. The maximum absolute atomic E-state index is 12.8. The van der Waals surface area contributed by atoms with Crippen LogP contribution in [0.15, 0.2) is 65.9 Å². The van der Waals surface area contributed by atoms with Crippen molar-refractivity contribution < 1.29 is 9.59 Å². The number of nitrogens with zero attached hydrogens (tertiary/aromatic N) is 1. The van der Waals surface area contributed by atoms with Crippen molar-refractivity contribution in [3.63, 3.8) is 0 Å². The molecule has 0 aliphatic carbocycles. The molecule has 0 unspecified atom stereocenters. The van der Waals surface area contributed by atoms with Gasteiger partial charge in [-0.1, -0.05) is 41.9 Å². The van der Waals surface area contributed by atoms with Crippen molar-refractivity contribution in [1.82, 2.24) is 10.2 Å². The minimum absolute atomic E-state index is 0.0135. The second-order valence-electron chi connectivity index (χ2n) is 7.19. The van der Waals surface area contributed by atoms with Crippen molar-refractivity contribution in [2.45, 2.75) is 32.6 Å². The van der Waals surface area contributed by atoms with Crippen molar-refractivity contribution in [2.75, 3.05) is 13.1 Å². The summed E-state index contributed by atoms with van der Waals surface area (Å²) in [5, 5.41) is 3.58.